The van der Waals surface area contributed by atoms with Gasteiger partial charge in [0.25, 0.3) is 0 Å². The summed E-state index contributed by atoms with van der Waals surface area (Å²) in [6.45, 7) is 5.13. The monoisotopic (exact) mass is 522 g/mol. The van der Waals surface area contributed by atoms with Crippen molar-refractivity contribution in [2.45, 2.75) is 13.8 Å². The second-order valence-corrected chi connectivity index (χ2v) is 10.8. The number of ether oxygens (including phenoxy) is 2. The Balaban J connectivity index is 1.72. The van der Waals surface area contributed by atoms with Crippen molar-refractivity contribution in [3.8, 4) is 21.3 Å². The molecule has 2 aromatic heterocycles. The van der Waals surface area contributed by atoms with Gasteiger partial charge < -0.3 is 9.47 Å². The Morgan fingerprint density at radius 3 is 1.44 bits per heavy atom. The van der Waals surface area contributed by atoms with Crippen LogP contribution in [0, 0.1) is 0 Å². The Hall–Kier alpha value is -2.50. The van der Waals surface area contributed by atoms with E-state index in [1.807, 2.05) is 38.1 Å². The highest BCUT2D eigenvalue weighted by Gasteiger charge is 2.26. The molecule has 170 valence electrons. The SMILES string of the molecule is CCOc1c(-c2sc3c(Cl)c4ccccc4cc3c2OCC)sc2c(Cl)c3ccccc3cc12. The van der Waals surface area contributed by atoms with Crippen LogP contribution in [0.1, 0.15) is 13.8 Å². The molecular weight excluding hydrogens is 503 g/mol. The van der Waals surface area contributed by atoms with Crippen molar-refractivity contribution in [2.24, 2.45) is 0 Å². The van der Waals surface area contributed by atoms with Gasteiger partial charge in [-0.05, 0) is 36.8 Å². The number of hydrogen-bond donors (Lipinski definition) is 0. The normalized spacial score (nSPS) is 11.8. The van der Waals surface area contributed by atoms with Gasteiger partial charge in [-0.3, -0.25) is 0 Å². The largest absolute Gasteiger partial charge is 0.492 e. The molecule has 6 aromatic rings. The maximum Gasteiger partial charge on any atom is 0.146 e. The van der Waals surface area contributed by atoms with Gasteiger partial charge in [-0.15, -0.1) is 22.7 Å². The van der Waals surface area contributed by atoms with Gasteiger partial charge in [-0.25, -0.2) is 0 Å². The van der Waals surface area contributed by atoms with Crippen LogP contribution in [0.25, 0.3) is 51.5 Å². The van der Waals surface area contributed by atoms with E-state index in [2.05, 4.69) is 36.4 Å². The van der Waals surface area contributed by atoms with Crippen LogP contribution >= 0.6 is 45.9 Å². The van der Waals surface area contributed by atoms with E-state index in [1.165, 1.54) is 0 Å². The molecule has 0 amide bonds. The summed E-state index contributed by atoms with van der Waals surface area (Å²) in [7, 11) is 0. The molecule has 0 saturated heterocycles. The topological polar surface area (TPSA) is 18.5 Å². The molecule has 6 heteroatoms. The molecule has 0 aliphatic rings. The summed E-state index contributed by atoms with van der Waals surface area (Å²) in [4.78, 5) is 2.05. The zero-order chi connectivity index (χ0) is 23.4. The zero-order valence-corrected chi connectivity index (χ0v) is 21.7. The maximum absolute atomic E-state index is 6.93. The fraction of sp³-hybridized carbons (Fsp3) is 0.143. The van der Waals surface area contributed by atoms with Crippen LogP contribution in [0.4, 0.5) is 0 Å². The molecule has 0 atom stereocenters. The molecule has 0 aliphatic carbocycles. The third-order valence-electron chi connectivity index (χ3n) is 5.98. The quantitative estimate of drug-likeness (QED) is 0.224. The van der Waals surface area contributed by atoms with Crippen LogP contribution in [0.15, 0.2) is 60.7 Å². The molecule has 0 fully saturated rings. The van der Waals surface area contributed by atoms with E-state index in [1.54, 1.807) is 22.7 Å². The summed E-state index contributed by atoms with van der Waals surface area (Å²) in [6, 6.07) is 20.8. The van der Waals surface area contributed by atoms with E-state index in [-0.39, 0.29) is 0 Å². The van der Waals surface area contributed by atoms with Crippen molar-refractivity contribution >= 4 is 87.6 Å². The van der Waals surface area contributed by atoms with Crippen LogP contribution in [-0.4, -0.2) is 13.2 Å². The fourth-order valence-corrected chi connectivity index (χ4v) is 7.77. The Morgan fingerprint density at radius 1 is 0.618 bits per heavy atom. The number of benzene rings is 4. The first kappa shape index (κ1) is 22.0. The maximum atomic E-state index is 6.93. The molecule has 0 unspecified atom stereocenters. The lowest BCUT2D eigenvalue weighted by molar-refractivity contribution is 0.342. The molecule has 0 spiro atoms. The summed E-state index contributed by atoms with van der Waals surface area (Å²) >= 11 is 17.2. The second-order valence-electron chi connectivity index (χ2n) is 7.96. The highest BCUT2D eigenvalue weighted by Crippen LogP contribution is 2.56. The van der Waals surface area contributed by atoms with E-state index >= 15 is 0 Å². The summed E-state index contributed by atoms with van der Waals surface area (Å²) in [5, 5.41) is 7.86. The molecule has 6 rings (SSSR count). The van der Waals surface area contributed by atoms with E-state index < -0.39 is 0 Å². The van der Waals surface area contributed by atoms with Crippen molar-refractivity contribution in [2.75, 3.05) is 13.2 Å². The fourth-order valence-electron chi connectivity index (χ4n) is 4.52. The average Bonchev–Trinajstić information content (AvgIpc) is 3.39. The van der Waals surface area contributed by atoms with Gasteiger partial charge in [0.15, 0.2) is 0 Å². The molecule has 34 heavy (non-hydrogen) atoms. The summed E-state index contributed by atoms with van der Waals surface area (Å²) in [6.07, 6.45) is 0. The first-order chi connectivity index (χ1) is 16.6. The van der Waals surface area contributed by atoms with Crippen molar-refractivity contribution in [3.05, 3.63) is 70.7 Å². The van der Waals surface area contributed by atoms with E-state index in [0.717, 1.165) is 73.0 Å². The predicted molar refractivity (Wildman–Crippen MR) is 150 cm³/mol. The van der Waals surface area contributed by atoms with E-state index in [0.29, 0.717) is 13.2 Å². The van der Waals surface area contributed by atoms with E-state index in [9.17, 15) is 0 Å². The first-order valence-electron chi connectivity index (χ1n) is 11.2. The van der Waals surface area contributed by atoms with Crippen molar-refractivity contribution in [1.29, 1.82) is 0 Å². The summed E-state index contributed by atoms with van der Waals surface area (Å²) < 4.78 is 14.6. The van der Waals surface area contributed by atoms with Crippen LogP contribution < -0.4 is 9.47 Å². The zero-order valence-electron chi connectivity index (χ0n) is 18.6. The smallest absolute Gasteiger partial charge is 0.146 e. The molecule has 0 aliphatic heterocycles. The lowest BCUT2D eigenvalue weighted by Gasteiger charge is -2.08. The minimum absolute atomic E-state index is 0.558. The van der Waals surface area contributed by atoms with Gasteiger partial charge in [0, 0.05) is 21.5 Å². The standard InChI is InChI=1S/C28H20Cl2O2S2/c1-3-31-23-19-13-15-9-5-7-11-17(15)21(29)25(19)33-27(23)28-24(32-4-2)20-14-16-10-6-8-12-18(16)22(30)26(20)34-28/h5-14H,3-4H2,1-2H3. The molecule has 2 heterocycles. The average molecular weight is 524 g/mol. The summed E-state index contributed by atoms with van der Waals surface area (Å²) in [5.74, 6) is 1.70. The number of hydrogen-bond acceptors (Lipinski definition) is 4. The minimum Gasteiger partial charge on any atom is -0.492 e. The highest BCUT2D eigenvalue weighted by molar-refractivity contribution is 7.30. The number of rotatable bonds is 5. The number of halogens is 2. The Bertz CT molecular complexity index is 1590. The first-order valence-corrected chi connectivity index (χ1v) is 13.5. The highest BCUT2D eigenvalue weighted by atomic mass is 35.5. The van der Waals surface area contributed by atoms with Crippen LogP contribution in [0.2, 0.25) is 10.0 Å². The second kappa shape index (κ2) is 8.62. The lowest BCUT2D eigenvalue weighted by Crippen LogP contribution is -1.94. The molecular formula is C28H20Cl2O2S2. The van der Waals surface area contributed by atoms with Crippen molar-refractivity contribution in [3.63, 3.8) is 0 Å². The van der Waals surface area contributed by atoms with E-state index in [4.69, 9.17) is 32.7 Å². The Kier molecular flexibility index (Phi) is 5.57. The van der Waals surface area contributed by atoms with Gasteiger partial charge in [0.05, 0.1) is 42.4 Å². The molecule has 2 nitrogen and oxygen atoms in total. The minimum atomic E-state index is 0.558. The van der Waals surface area contributed by atoms with Crippen molar-refractivity contribution in [1.82, 2.24) is 0 Å². The van der Waals surface area contributed by atoms with Gasteiger partial charge >= 0.3 is 0 Å². The predicted octanol–water partition coefficient (Wildman–Crippen LogP) is 10.2. The lowest BCUT2D eigenvalue weighted by atomic mass is 10.1. The van der Waals surface area contributed by atoms with Gasteiger partial charge in [0.1, 0.15) is 11.5 Å². The van der Waals surface area contributed by atoms with Gasteiger partial charge in [-0.1, -0.05) is 71.7 Å². The number of thiophene rings is 2. The van der Waals surface area contributed by atoms with Crippen LogP contribution in [0.3, 0.4) is 0 Å². The molecule has 4 aromatic carbocycles. The Morgan fingerprint density at radius 2 is 1.03 bits per heavy atom. The summed E-state index contributed by atoms with van der Waals surface area (Å²) in [5.41, 5.74) is 0. The molecule has 0 bridgehead atoms. The van der Waals surface area contributed by atoms with Crippen LogP contribution in [-0.2, 0) is 0 Å². The molecule has 0 N–H and O–H groups in total. The number of fused-ring (bicyclic) bond motifs is 4. The third-order valence-corrected chi connectivity index (χ3v) is 9.56. The molecule has 0 saturated carbocycles. The van der Waals surface area contributed by atoms with Crippen LogP contribution in [0.5, 0.6) is 11.5 Å². The van der Waals surface area contributed by atoms with Gasteiger partial charge in [0.2, 0.25) is 0 Å². The van der Waals surface area contributed by atoms with Crippen molar-refractivity contribution < 1.29 is 9.47 Å². The third kappa shape index (κ3) is 3.28. The van der Waals surface area contributed by atoms with Gasteiger partial charge in [-0.2, -0.15) is 0 Å². The molecule has 0 radical (unpaired) electrons. The Labute approximate surface area is 215 Å².